The molecule has 12 heavy (non-hydrogen) atoms. The van der Waals surface area contributed by atoms with Crippen molar-refractivity contribution in [2.45, 2.75) is 33.1 Å². The summed E-state index contributed by atoms with van der Waals surface area (Å²) in [4.78, 5) is 11.2. The van der Waals surface area contributed by atoms with Crippen LogP contribution in [0.25, 0.3) is 0 Å². The Hall–Kier alpha value is -0.810. The van der Waals surface area contributed by atoms with Crippen LogP contribution in [0.4, 0.5) is 0 Å². The number of ketones is 1. The highest BCUT2D eigenvalue weighted by Crippen LogP contribution is 2.03. The molecule has 0 saturated carbocycles. The van der Waals surface area contributed by atoms with Crippen LogP contribution in [0.2, 0.25) is 0 Å². The Balaban J connectivity index is 3.50. The van der Waals surface area contributed by atoms with Gasteiger partial charge in [-0.2, -0.15) is 0 Å². The lowest BCUT2D eigenvalue weighted by atomic mass is 10.0. The molecule has 2 N–H and O–H groups in total. The third-order valence-electron chi connectivity index (χ3n) is 1.68. The number of carbonyl (C=O) groups excluding carboxylic acids is 1. The number of hydrogen-bond donors (Lipinski definition) is 1. The van der Waals surface area contributed by atoms with Crippen molar-refractivity contribution >= 4 is 5.78 Å². The lowest BCUT2D eigenvalue weighted by molar-refractivity contribution is -0.119. The van der Waals surface area contributed by atoms with Crippen LogP contribution in [-0.2, 0) is 4.79 Å². The summed E-state index contributed by atoms with van der Waals surface area (Å²) in [5.41, 5.74) is 5.39. The van der Waals surface area contributed by atoms with E-state index in [1.165, 1.54) is 0 Å². The van der Waals surface area contributed by atoms with Gasteiger partial charge in [0, 0.05) is 19.3 Å². The maximum atomic E-state index is 11.2. The molecule has 0 radical (unpaired) electrons. The molecule has 2 nitrogen and oxygen atoms in total. The minimum Gasteiger partial charge on any atom is -0.330 e. The molecule has 0 amide bonds. The second-order valence-electron chi connectivity index (χ2n) is 3.01. The van der Waals surface area contributed by atoms with Crippen molar-refractivity contribution in [1.82, 2.24) is 0 Å². The largest absolute Gasteiger partial charge is 0.330 e. The smallest absolute Gasteiger partial charge is 0.134 e. The summed E-state index contributed by atoms with van der Waals surface area (Å²) >= 11 is 0. The van der Waals surface area contributed by atoms with Gasteiger partial charge in [0.1, 0.15) is 5.78 Å². The van der Waals surface area contributed by atoms with E-state index in [1.54, 1.807) is 6.92 Å². The Bertz CT molecular complexity index is 188. The predicted molar refractivity (Wildman–Crippen MR) is 50.5 cm³/mol. The van der Waals surface area contributed by atoms with Gasteiger partial charge in [-0.05, 0) is 19.4 Å². The second-order valence-corrected chi connectivity index (χ2v) is 3.01. The molecule has 0 aromatic carbocycles. The quantitative estimate of drug-likeness (QED) is 0.628. The molecule has 0 saturated heterocycles. The van der Waals surface area contributed by atoms with Crippen molar-refractivity contribution in [2.24, 2.45) is 11.7 Å². The zero-order chi connectivity index (χ0) is 9.40. The van der Waals surface area contributed by atoms with Crippen LogP contribution < -0.4 is 5.73 Å². The van der Waals surface area contributed by atoms with E-state index in [-0.39, 0.29) is 5.78 Å². The average molecular weight is 167 g/mol. The molecular weight excluding hydrogens is 150 g/mol. The van der Waals surface area contributed by atoms with E-state index in [2.05, 4.69) is 11.8 Å². The molecule has 0 aromatic heterocycles. The zero-order valence-corrected chi connectivity index (χ0v) is 7.89. The molecule has 0 heterocycles. The van der Waals surface area contributed by atoms with Gasteiger partial charge >= 0.3 is 0 Å². The van der Waals surface area contributed by atoms with E-state index in [4.69, 9.17) is 5.73 Å². The molecule has 1 atom stereocenters. The Morgan fingerprint density at radius 1 is 1.58 bits per heavy atom. The van der Waals surface area contributed by atoms with E-state index in [1.807, 2.05) is 6.92 Å². The van der Waals surface area contributed by atoms with Crippen molar-refractivity contribution < 1.29 is 4.79 Å². The lowest BCUT2D eigenvalue weighted by Crippen LogP contribution is -2.14. The molecule has 0 aromatic rings. The van der Waals surface area contributed by atoms with Crippen LogP contribution in [0.15, 0.2) is 0 Å². The minimum absolute atomic E-state index is 0.274. The van der Waals surface area contributed by atoms with Crippen LogP contribution in [0, 0.1) is 17.8 Å². The fourth-order valence-corrected chi connectivity index (χ4v) is 0.901. The second kappa shape index (κ2) is 6.87. The number of nitrogens with two attached hydrogens (primary N) is 1. The van der Waals surface area contributed by atoms with Crippen molar-refractivity contribution in [2.75, 3.05) is 6.54 Å². The summed E-state index contributed by atoms with van der Waals surface area (Å²) in [5, 5.41) is 0. The number of rotatable bonds is 5. The van der Waals surface area contributed by atoms with Gasteiger partial charge in [0.15, 0.2) is 0 Å². The molecule has 0 aliphatic heterocycles. The van der Waals surface area contributed by atoms with Crippen LogP contribution >= 0.6 is 0 Å². The van der Waals surface area contributed by atoms with E-state index in [0.29, 0.717) is 31.7 Å². The van der Waals surface area contributed by atoms with E-state index < -0.39 is 0 Å². The summed E-state index contributed by atoms with van der Waals surface area (Å²) in [7, 11) is 0. The number of hydrogen-bond acceptors (Lipinski definition) is 2. The highest BCUT2D eigenvalue weighted by Gasteiger charge is 2.05. The fraction of sp³-hybridized carbons (Fsp3) is 0.700. The summed E-state index contributed by atoms with van der Waals surface area (Å²) in [6, 6.07) is 0. The molecule has 68 valence electrons. The van der Waals surface area contributed by atoms with Gasteiger partial charge in [-0.1, -0.05) is 6.92 Å². The highest BCUT2D eigenvalue weighted by molar-refractivity contribution is 5.78. The van der Waals surface area contributed by atoms with E-state index in [9.17, 15) is 4.79 Å². The Morgan fingerprint density at radius 3 is 2.75 bits per heavy atom. The first-order valence-electron chi connectivity index (χ1n) is 4.32. The van der Waals surface area contributed by atoms with Crippen LogP contribution in [-0.4, -0.2) is 12.3 Å². The molecule has 0 bridgehead atoms. The van der Waals surface area contributed by atoms with Crippen LogP contribution in [0.1, 0.15) is 33.1 Å². The van der Waals surface area contributed by atoms with Crippen molar-refractivity contribution in [3.05, 3.63) is 0 Å². The molecule has 2 heteroatoms. The normalized spacial score (nSPS) is 11.6. The molecular formula is C10H17NO. The van der Waals surface area contributed by atoms with E-state index in [0.717, 1.165) is 0 Å². The topological polar surface area (TPSA) is 43.1 Å². The Labute approximate surface area is 74.5 Å². The minimum atomic E-state index is 0.274. The Morgan fingerprint density at radius 2 is 2.25 bits per heavy atom. The van der Waals surface area contributed by atoms with Gasteiger partial charge in [0.25, 0.3) is 0 Å². The molecule has 1 unspecified atom stereocenters. The molecule has 0 fully saturated rings. The summed E-state index contributed by atoms with van der Waals surface area (Å²) in [5.74, 6) is 6.22. The fourth-order valence-electron chi connectivity index (χ4n) is 0.901. The van der Waals surface area contributed by atoms with Gasteiger partial charge < -0.3 is 5.73 Å². The first kappa shape index (κ1) is 11.2. The first-order valence-corrected chi connectivity index (χ1v) is 4.32. The van der Waals surface area contributed by atoms with Crippen LogP contribution in [0.3, 0.4) is 0 Å². The lowest BCUT2D eigenvalue weighted by Gasteiger charge is -2.04. The SMILES string of the molecule is CC#CCCC(=O)CC(C)CN. The molecule has 0 aliphatic carbocycles. The average Bonchev–Trinajstić information content (AvgIpc) is 2.05. The monoisotopic (exact) mass is 167 g/mol. The first-order chi connectivity index (χ1) is 5.70. The summed E-state index contributed by atoms with van der Waals surface area (Å²) in [6.07, 6.45) is 1.86. The van der Waals surface area contributed by atoms with Gasteiger partial charge in [-0.25, -0.2) is 0 Å². The summed E-state index contributed by atoms with van der Waals surface area (Å²) < 4.78 is 0. The highest BCUT2D eigenvalue weighted by atomic mass is 16.1. The third-order valence-corrected chi connectivity index (χ3v) is 1.68. The molecule has 0 spiro atoms. The Kier molecular flexibility index (Phi) is 6.41. The maximum absolute atomic E-state index is 11.2. The van der Waals surface area contributed by atoms with Gasteiger partial charge in [-0.15, -0.1) is 11.8 Å². The van der Waals surface area contributed by atoms with Crippen molar-refractivity contribution in [3.63, 3.8) is 0 Å². The number of carbonyl (C=O) groups is 1. The molecule has 0 aliphatic rings. The van der Waals surface area contributed by atoms with Gasteiger partial charge in [0.05, 0.1) is 0 Å². The van der Waals surface area contributed by atoms with Crippen LogP contribution in [0.5, 0.6) is 0 Å². The summed E-state index contributed by atoms with van der Waals surface area (Å²) in [6.45, 7) is 4.36. The zero-order valence-electron chi connectivity index (χ0n) is 7.89. The predicted octanol–water partition coefficient (Wildman–Crippen LogP) is 1.34. The maximum Gasteiger partial charge on any atom is 0.134 e. The number of Topliss-reactive ketones (excluding diaryl/α,β-unsaturated/α-hetero) is 1. The van der Waals surface area contributed by atoms with Gasteiger partial charge in [-0.3, -0.25) is 4.79 Å². The van der Waals surface area contributed by atoms with Gasteiger partial charge in [0.2, 0.25) is 0 Å². The van der Waals surface area contributed by atoms with Crippen molar-refractivity contribution in [3.8, 4) is 11.8 Å². The van der Waals surface area contributed by atoms with E-state index >= 15 is 0 Å². The standard InChI is InChI=1S/C10H17NO/c1-3-4-5-6-10(12)7-9(2)8-11/h9H,5-8,11H2,1-2H3. The van der Waals surface area contributed by atoms with Crippen molar-refractivity contribution in [1.29, 1.82) is 0 Å². The third kappa shape index (κ3) is 5.94. The molecule has 0 rings (SSSR count).